The summed E-state index contributed by atoms with van der Waals surface area (Å²) in [4.78, 5) is 0. The fourth-order valence-electron chi connectivity index (χ4n) is 1.82. The number of aromatic nitrogens is 2. The molecular weight excluding hydrogens is 186 g/mol. The van der Waals surface area contributed by atoms with E-state index in [1.807, 2.05) is 11.7 Å². The average molecular weight is 209 g/mol. The van der Waals surface area contributed by atoms with Crippen LogP contribution in [0.2, 0.25) is 0 Å². The minimum atomic E-state index is 0.447. The topological polar surface area (TPSA) is 29.9 Å². The SMILES string of the molecule is CCCNC(CC)c1cc(CC)nn1C. The quantitative estimate of drug-likeness (QED) is 0.780. The van der Waals surface area contributed by atoms with Crippen LogP contribution in [0.25, 0.3) is 0 Å². The second-order valence-corrected chi connectivity index (χ2v) is 3.95. The Morgan fingerprint density at radius 1 is 1.40 bits per heavy atom. The minimum absolute atomic E-state index is 0.447. The molecule has 0 aliphatic rings. The zero-order chi connectivity index (χ0) is 11.3. The molecule has 1 unspecified atom stereocenters. The lowest BCUT2D eigenvalue weighted by Crippen LogP contribution is -2.23. The van der Waals surface area contributed by atoms with E-state index in [1.54, 1.807) is 0 Å². The van der Waals surface area contributed by atoms with Crippen LogP contribution in [-0.2, 0) is 13.5 Å². The first-order valence-electron chi connectivity index (χ1n) is 5.99. The Morgan fingerprint density at radius 2 is 2.13 bits per heavy atom. The predicted molar refractivity (Wildman–Crippen MR) is 63.9 cm³/mol. The first-order valence-corrected chi connectivity index (χ1v) is 5.99. The van der Waals surface area contributed by atoms with Crippen molar-refractivity contribution in [1.29, 1.82) is 0 Å². The van der Waals surface area contributed by atoms with Crippen molar-refractivity contribution >= 4 is 0 Å². The van der Waals surface area contributed by atoms with E-state index in [4.69, 9.17) is 0 Å². The number of nitrogens with zero attached hydrogens (tertiary/aromatic N) is 2. The number of hydrogen-bond acceptors (Lipinski definition) is 2. The molecule has 3 nitrogen and oxygen atoms in total. The van der Waals surface area contributed by atoms with Crippen molar-refractivity contribution in [2.45, 2.75) is 46.1 Å². The maximum Gasteiger partial charge on any atom is 0.0625 e. The fourth-order valence-corrected chi connectivity index (χ4v) is 1.82. The standard InChI is InChI=1S/C12H23N3/c1-5-8-13-11(7-3)12-9-10(6-2)14-15(12)4/h9,11,13H,5-8H2,1-4H3. The summed E-state index contributed by atoms with van der Waals surface area (Å²) >= 11 is 0. The van der Waals surface area contributed by atoms with Gasteiger partial charge in [-0.15, -0.1) is 0 Å². The molecule has 1 aromatic heterocycles. The van der Waals surface area contributed by atoms with E-state index in [0.717, 1.165) is 19.4 Å². The molecule has 3 heteroatoms. The third kappa shape index (κ3) is 3.06. The van der Waals surface area contributed by atoms with Crippen LogP contribution in [0, 0.1) is 0 Å². The predicted octanol–water partition coefficient (Wildman–Crippen LogP) is 2.43. The van der Waals surface area contributed by atoms with Crippen LogP contribution in [0.5, 0.6) is 0 Å². The van der Waals surface area contributed by atoms with Crippen molar-refractivity contribution in [2.24, 2.45) is 7.05 Å². The van der Waals surface area contributed by atoms with Gasteiger partial charge in [-0.2, -0.15) is 5.10 Å². The molecule has 0 saturated carbocycles. The smallest absolute Gasteiger partial charge is 0.0625 e. The molecule has 1 aromatic rings. The number of aryl methyl sites for hydroxylation is 2. The van der Waals surface area contributed by atoms with Crippen molar-refractivity contribution in [3.8, 4) is 0 Å². The first kappa shape index (κ1) is 12.2. The first-order chi connectivity index (χ1) is 7.22. The molecule has 86 valence electrons. The molecule has 0 spiro atoms. The molecule has 0 aliphatic carbocycles. The van der Waals surface area contributed by atoms with Crippen LogP contribution in [0.4, 0.5) is 0 Å². The summed E-state index contributed by atoms with van der Waals surface area (Å²) in [7, 11) is 2.03. The van der Waals surface area contributed by atoms with Crippen molar-refractivity contribution < 1.29 is 0 Å². The summed E-state index contributed by atoms with van der Waals surface area (Å²) in [5.74, 6) is 0. The van der Waals surface area contributed by atoms with Crippen LogP contribution >= 0.6 is 0 Å². The Morgan fingerprint density at radius 3 is 2.60 bits per heavy atom. The van der Waals surface area contributed by atoms with Gasteiger partial charge in [0.05, 0.1) is 11.4 Å². The molecule has 0 saturated heterocycles. The highest BCUT2D eigenvalue weighted by Crippen LogP contribution is 2.17. The largest absolute Gasteiger partial charge is 0.309 e. The molecule has 1 atom stereocenters. The third-order valence-electron chi connectivity index (χ3n) is 2.73. The molecule has 0 radical (unpaired) electrons. The fraction of sp³-hybridized carbons (Fsp3) is 0.750. The second kappa shape index (κ2) is 5.91. The Labute approximate surface area is 92.9 Å². The van der Waals surface area contributed by atoms with Gasteiger partial charge in [0, 0.05) is 13.1 Å². The van der Waals surface area contributed by atoms with Crippen LogP contribution < -0.4 is 5.32 Å². The van der Waals surface area contributed by atoms with Gasteiger partial charge in [-0.3, -0.25) is 4.68 Å². The zero-order valence-electron chi connectivity index (χ0n) is 10.4. The summed E-state index contributed by atoms with van der Waals surface area (Å²) in [6.45, 7) is 7.63. The molecule has 1 rings (SSSR count). The van der Waals surface area contributed by atoms with E-state index in [-0.39, 0.29) is 0 Å². The van der Waals surface area contributed by atoms with Gasteiger partial charge in [-0.25, -0.2) is 0 Å². The molecule has 0 bridgehead atoms. The van der Waals surface area contributed by atoms with Gasteiger partial charge in [0.1, 0.15) is 0 Å². The van der Waals surface area contributed by atoms with Gasteiger partial charge in [-0.05, 0) is 31.9 Å². The molecule has 0 aromatic carbocycles. The van der Waals surface area contributed by atoms with Crippen molar-refractivity contribution in [2.75, 3.05) is 6.54 Å². The van der Waals surface area contributed by atoms with E-state index in [1.165, 1.54) is 17.8 Å². The lowest BCUT2D eigenvalue weighted by Gasteiger charge is -2.16. The lowest BCUT2D eigenvalue weighted by atomic mass is 10.1. The van der Waals surface area contributed by atoms with Crippen molar-refractivity contribution in [3.63, 3.8) is 0 Å². The highest BCUT2D eigenvalue weighted by molar-refractivity contribution is 5.14. The van der Waals surface area contributed by atoms with Gasteiger partial charge in [-0.1, -0.05) is 20.8 Å². The second-order valence-electron chi connectivity index (χ2n) is 3.95. The molecule has 1 N–H and O–H groups in total. The highest BCUT2D eigenvalue weighted by atomic mass is 15.3. The molecular formula is C12H23N3. The minimum Gasteiger partial charge on any atom is -0.309 e. The lowest BCUT2D eigenvalue weighted by molar-refractivity contribution is 0.484. The highest BCUT2D eigenvalue weighted by Gasteiger charge is 2.13. The monoisotopic (exact) mass is 209 g/mol. The van der Waals surface area contributed by atoms with Crippen LogP contribution in [0.3, 0.4) is 0 Å². The van der Waals surface area contributed by atoms with E-state index in [9.17, 15) is 0 Å². The van der Waals surface area contributed by atoms with Gasteiger partial charge < -0.3 is 5.32 Å². The van der Waals surface area contributed by atoms with Crippen molar-refractivity contribution in [1.82, 2.24) is 15.1 Å². The Bertz CT molecular complexity index is 291. The van der Waals surface area contributed by atoms with Crippen molar-refractivity contribution in [3.05, 3.63) is 17.5 Å². The number of hydrogen-bond donors (Lipinski definition) is 1. The zero-order valence-corrected chi connectivity index (χ0v) is 10.4. The average Bonchev–Trinajstić information content (AvgIpc) is 2.61. The van der Waals surface area contributed by atoms with E-state index in [0.29, 0.717) is 6.04 Å². The molecule has 0 aliphatic heterocycles. The van der Waals surface area contributed by atoms with Gasteiger partial charge >= 0.3 is 0 Å². The summed E-state index contributed by atoms with van der Waals surface area (Å²) in [5, 5.41) is 8.04. The van der Waals surface area contributed by atoms with Crippen LogP contribution in [-0.4, -0.2) is 16.3 Å². The summed E-state index contributed by atoms with van der Waals surface area (Å²) in [5.41, 5.74) is 2.49. The van der Waals surface area contributed by atoms with Crippen LogP contribution in [0.1, 0.15) is 51.0 Å². The maximum absolute atomic E-state index is 4.48. The molecule has 15 heavy (non-hydrogen) atoms. The summed E-state index contributed by atoms with van der Waals surface area (Å²) in [6.07, 6.45) is 3.30. The third-order valence-corrected chi connectivity index (χ3v) is 2.73. The van der Waals surface area contributed by atoms with Gasteiger partial charge in [0.2, 0.25) is 0 Å². The Kier molecular flexibility index (Phi) is 4.82. The van der Waals surface area contributed by atoms with E-state index >= 15 is 0 Å². The van der Waals surface area contributed by atoms with E-state index in [2.05, 4.69) is 37.3 Å². The van der Waals surface area contributed by atoms with Gasteiger partial charge in [0.15, 0.2) is 0 Å². The number of nitrogens with one attached hydrogen (secondary N) is 1. The Balaban J connectivity index is 2.76. The van der Waals surface area contributed by atoms with Crippen LogP contribution in [0.15, 0.2) is 6.07 Å². The van der Waals surface area contributed by atoms with Gasteiger partial charge in [0.25, 0.3) is 0 Å². The molecule has 1 heterocycles. The maximum atomic E-state index is 4.48. The van der Waals surface area contributed by atoms with E-state index < -0.39 is 0 Å². The molecule has 0 fully saturated rings. The number of rotatable bonds is 6. The molecule has 0 amide bonds. The summed E-state index contributed by atoms with van der Waals surface area (Å²) in [6, 6.07) is 2.67. The summed E-state index contributed by atoms with van der Waals surface area (Å²) < 4.78 is 2.01. The normalized spacial score (nSPS) is 13.1. The Hall–Kier alpha value is -0.830.